The fourth-order valence-electron chi connectivity index (χ4n) is 2.60. The highest BCUT2D eigenvalue weighted by Gasteiger charge is 2.26. The van der Waals surface area contributed by atoms with Crippen LogP contribution in [0.15, 0.2) is 18.2 Å². The van der Waals surface area contributed by atoms with Crippen molar-refractivity contribution in [2.24, 2.45) is 5.92 Å². The Bertz CT molecular complexity index is 583. The van der Waals surface area contributed by atoms with Crippen LogP contribution in [-0.4, -0.2) is 24.3 Å². The van der Waals surface area contributed by atoms with Crippen molar-refractivity contribution in [3.8, 4) is 0 Å². The fourth-order valence-corrected chi connectivity index (χ4v) is 3.18. The second-order valence-corrected chi connectivity index (χ2v) is 6.42. The van der Waals surface area contributed by atoms with Gasteiger partial charge in [-0.15, -0.1) is 0 Å². The van der Waals surface area contributed by atoms with Crippen LogP contribution in [0.1, 0.15) is 31.2 Å². The number of nitrogens with one attached hydrogen (secondary N) is 2. The average molecular weight is 357 g/mol. The van der Waals surface area contributed by atoms with Gasteiger partial charge in [0.25, 0.3) is 0 Å². The molecule has 3 amide bonds. The first kappa shape index (κ1) is 17.8. The van der Waals surface area contributed by atoms with E-state index in [0.29, 0.717) is 29.4 Å². The van der Waals surface area contributed by atoms with Crippen LogP contribution in [0.25, 0.3) is 0 Å². The topological polar surface area (TPSA) is 75.3 Å². The van der Waals surface area contributed by atoms with Crippen molar-refractivity contribution in [3.63, 3.8) is 0 Å². The molecule has 0 aliphatic carbocycles. The minimum atomic E-state index is -0.313. The first-order chi connectivity index (χ1) is 11.0. The molecule has 1 fully saturated rings. The summed E-state index contributed by atoms with van der Waals surface area (Å²) in [5, 5.41) is 6.27. The molecular formula is C16H18Cl2N2O3. The normalized spacial score (nSPS) is 15.4. The van der Waals surface area contributed by atoms with Gasteiger partial charge in [0, 0.05) is 35.9 Å². The number of amides is 3. The molecule has 2 rings (SSSR count). The maximum Gasteiger partial charge on any atom is 0.226 e. The van der Waals surface area contributed by atoms with E-state index in [9.17, 15) is 14.4 Å². The van der Waals surface area contributed by atoms with E-state index < -0.39 is 0 Å². The van der Waals surface area contributed by atoms with Gasteiger partial charge in [0.05, 0.1) is 0 Å². The molecule has 1 aromatic carbocycles. The summed E-state index contributed by atoms with van der Waals surface area (Å²) in [7, 11) is 0. The second-order valence-electron chi connectivity index (χ2n) is 5.60. The Kier molecular flexibility index (Phi) is 6.42. The molecule has 0 aromatic heterocycles. The molecule has 124 valence electrons. The Morgan fingerprint density at radius 3 is 2.39 bits per heavy atom. The van der Waals surface area contributed by atoms with Crippen LogP contribution in [0.3, 0.4) is 0 Å². The summed E-state index contributed by atoms with van der Waals surface area (Å²) in [6.07, 6.45) is 2.00. The van der Waals surface area contributed by atoms with Gasteiger partial charge in [-0.1, -0.05) is 29.3 Å². The Balaban J connectivity index is 1.71. The SMILES string of the molecule is O=C(CC1CC(=O)NC(=O)C1)NCCCc1c(Cl)cccc1Cl. The number of benzene rings is 1. The average Bonchev–Trinajstić information content (AvgIpc) is 2.44. The minimum Gasteiger partial charge on any atom is -0.356 e. The third-order valence-electron chi connectivity index (χ3n) is 3.69. The molecule has 0 radical (unpaired) electrons. The molecule has 0 saturated carbocycles. The van der Waals surface area contributed by atoms with Crippen LogP contribution < -0.4 is 10.6 Å². The number of piperidine rings is 1. The predicted octanol–water partition coefficient (Wildman–Crippen LogP) is 2.49. The lowest BCUT2D eigenvalue weighted by molar-refractivity contribution is -0.135. The van der Waals surface area contributed by atoms with Crippen LogP contribution in [0.2, 0.25) is 10.0 Å². The summed E-state index contributed by atoms with van der Waals surface area (Å²) < 4.78 is 0. The van der Waals surface area contributed by atoms with Crippen LogP contribution in [-0.2, 0) is 20.8 Å². The number of carbonyl (C=O) groups excluding carboxylic acids is 3. The lowest BCUT2D eigenvalue weighted by Gasteiger charge is -2.20. The maximum atomic E-state index is 11.9. The number of hydrogen-bond donors (Lipinski definition) is 2. The highest BCUT2D eigenvalue weighted by atomic mass is 35.5. The highest BCUT2D eigenvalue weighted by molar-refractivity contribution is 6.35. The molecule has 5 nitrogen and oxygen atoms in total. The van der Waals surface area contributed by atoms with Crippen molar-refractivity contribution in [3.05, 3.63) is 33.8 Å². The summed E-state index contributed by atoms with van der Waals surface area (Å²) in [5.74, 6) is -0.989. The number of hydrogen-bond acceptors (Lipinski definition) is 3. The summed E-state index contributed by atoms with van der Waals surface area (Å²) in [5.41, 5.74) is 0.875. The standard InChI is InChI=1S/C16H18Cl2N2O3/c17-12-4-1-5-13(18)11(12)3-2-6-19-14(21)7-10-8-15(22)20-16(23)9-10/h1,4-5,10H,2-3,6-9H2,(H,19,21)(H,20,22,23). The maximum absolute atomic E-state index is 11.9. The smallest absolute Gasteiger partial charge is 0.226 e. The van der Waals surface area contributed by atoms with E-state index in [0.717, 1.165) is 5.56 Å². The molecule has 23 heavy (non-hydrogen) atoms. The first-order valence-corrected chi connectivity index (χ1v) is 8.23. The first-order valence-electron chi connectivity index (χ1n) is 7.48. The molecule has 0 spiro atoms. The molecule has 0 bridgehead atoms. The predicted molar refractivity (Wildman–Crippen MR) is 88.3 cm³/mol. The Hall–Kier alpha value is -1.59. The minimum absolute atomic E-state index is 0.150. The van der Waals surface area contributed by atoms with Crippen LogP contribution in [0, 0.1) is 5.92 Å². The number of imide groups is 1. The number of carbonyl (C=O) groups is 3. The molecule has 1 saturated heterocycles. The third-order valence-corrected chi connectivity index (χ3v) is 4.40. The van der Waals surface area contributed by atoms with Gasteiger partial charge in [-0.2, -0.15) is 0 Å². The van der Waals surface area contributed by atoms with Crippen LogP contribution in [0.4, 0.5) is 0 Å². The molecule has 1 aliphatic heterocycles. The zero-order chi connectivity index (χ0) is 16.8. The second kappa shape index (κ2) is 8.31. The monoisotopic (exact) mass is 356 g/mol. The molecule has 1 aliphatic rings. The van der Waals surface area contributed by atoms with Gasteiger partial charge in [0.2, 0.25) is 17.7 Å². The van der Waals surface area contributed by atoms with Gasteiger partial charge in [-0.25, -0.2) is 0 Å². The van der Waals surface area contributed by atoms with Crippen molar-refractivity contribution in [2.75, 3.05) is 6.54 Å². The van der Waals surface area contributed by atoms with Crippen LogP contribution >= 0.6 is 23.2 Å². The van der Waals surface area contributed by atoms with E-state index in [1.807, 2.05) is 0 Å². The van der Waals surface area contributed by atoms with Crippen molar-refractivity contribution >= 4 is 40.9 Å². The fraction of sp³-hybridized carbons (Fsp3) is 0.438. The molecule has 2 N–H and O–H groups in total. The highest BCUT2D eigenvalue weighted by Crippen LogP contribution is 2.25. The number of rotatable bonds is 6. The third kappa shape index (κ3) is 5.52. The van der Waals surface area contributed by atoms with Gasteiger partial charge in [-0.3, -0.25) is 19.7 Å². The quantitative estimate of drug-likeness (QED) is 0.607. The summed E-state index contributed by atoms with van der Waals surface area (Å²) in [6, 6.07) is 5.36. The molecule has 1 heterocycles. The zero-order valence-electron chi connectivity index (χ0n) is 12.5. The molecule has 1 aromatic rings. The van der Waals surface area contributed by atoms with Crippen molar-refractivity contribution in [1.82, 2.24) is 10.6 Å². The van der Waals surface area contributed by atoms with E-state index in [-0.39, 0.29) is 42.9 Å². The molecular weight excluding hydrogens is 339 g/mol. The Labute approximate surface area is 144 Å². The number of halogens is 2. The van der Waals surface area contributed by atoms with Crippen molar-refractivity contribution in [2.45, 2.75) is 32.1 Å². The van der Waals surface area contributed by atoms with E-state index in [4.69, 9.17) is 23.2 Å². The summed E-state index contributed by atoms with van der Waals surface area (Å²) in [6.45, 7) is 0.493. The van der Waals surface area contributed by atoms with Gasteiger partial charge < -0.3 is 5.32 Å². The Morgan fingerprint density at radius 1 is 1.17 bits per heavy atom. The molecule has 0 unspecified atom stereocenters. The van der Waals surface area contributed by atoms with E-state index in [2.05, 4.69) is 10.6 Å². The van der Waals surface area contributed by atoms with Gasteiger partial charge in [0.15, 0.2) is 0 Å². The van der Waals surface area contributed by atoms with E-state index in [1.165, 1.54) is 0 Å². The zero-order valence-corrected chi connectivity index (χ0v) is 14.0. The van der Waals surface area contributed by atoms with Gasteiger partial charge in [0.1, 0.15) is 0 Å². The summed E-state index contributed by atoms with van der Waals surface area (Å²) >= 11 is 12.2. The summed E-state index contributed by atoms with van der Waals surface area (Å²) in [4.78, 5) is 34.4. The largest absolute Gasteiger partial charge is 0.356 e. The van der Waals surface area contributed by atoms with Crippen molar-refractivity contribution < 1.29 is 14.4 Å². The van der Waals surface area contributed by atoms with E-state index in [1.54, 1.807) is 18.2 Å². The van der Waals surface area contributed by atoms with E-state index >= 15 is 0 Å². The lowest BCUT2D eigenvalue weighted by Crippen LogP contribution is -2.40. The van der Waals surface area contributed by atoms with Crippen LogP contribution in [0.5, 0.6) is 0 Å². The Morgan fingerprint density at radius 2 is 1.78 bits per heavy atom. The van der Waals surface area contributed by atoms with Crippen molar-refractivity contribution in [1.29, 1.82) is 0 Å². The van der Waals surface area contributed by atoms with Gasteiger partial charge >= 0.3 is 0 Å². The van der Waals surface area contributed by atoms with Gasteiger partial charge in [-0.05, 0) is 36.5 Å². The lowest BCUT2D eigenvalue weighted by atomic mass is 9.93. The molecule has 7 heteroatoms. The molecule has 0 atom stereocenters.